The van der Waals surface area contributed by atoms with Crippen molar-refractivity contribution in [3.8, 4) is 11.5 Å². The van der Waals surface area contributed by atoms with Gasteiger partial charge in [0.2, 0.25) is 0 Å². The van der Waals surface area contributed by atoms with E-state index in [-0.39, 0.29) is 16.9 Å². The summed E-state index contributed by atoms with van der Waals surface area (Å²) in [5.41, 5.74) is 2.68. The van der Waals surface area contributed by atoms with Crippen molar-refractivity contribution in [3.63, 3.8) is 0 Å². The fourth-order valence-corrected chi connectivity index (χ4v) is 4.71. The van der Waals surface area contributed by atoms with E-state index >= 15 is 0 Å². The van der Waals surface area contributed by atoms with Gasteiger partial charge in [-0.05, 0) is 38.1 Å². The molecule has 1 spiro atoms. The minimum Gasteiger partial charge on any atom is -0.493 e. The molecule has 3 atom stereocenters. The highest BCUT2D eigenvalue weighted by atomic mass is 35.5. The van der Waals surface area contributed by atoms with Crippen LogP contribution in [0.15, 0.2) is 24.3 Å². The Balaban J connectivity index is 1.92. The van der Waals surface area contributed by atoms with Crippen LogP contribution in [0.25, 0.3) is 0 Å². The van der Waals surface area contributed by atoms with Gasteiger partial charge in [-0.1, -0.05) is 24.6 Å². The van der Waals surface area contributed by atoms with Gasteiger partial charge in [0, 0.05) is 18.5 Å². The van der Waals surface area contributed by atoms with E-state index in [1.807, 2.05) is 6.07 Å². The SMILES string of the molecule is COc1ccc2c3c1OC1CC(Cl)C=CC31CCCCN(C)C2. The van der Waals surface area contributed by atoms with Crippen molar-refractivity contribution in [3.05, 3.63) is 35.4 Å². The van der Waals surface area contributed by atoms with Gasteiger partial charge in [-0.3, -0.25) is 0 Å². The van der Waals surface area contributed by atoms with Gasteiger partial charge in [-0.15, -0.1) is 11.6 Å². The lowest BCUT2D eigenvalue weighted by atomic mass is 9.68. The minimum absolute atomic E-state index is 0.0320. The van der Waals surface area contributed by atoms with Crippen molar-refractivity contribution in [1.82, 2.24) is 4.90 Å². The molecule has 1 aromatic rings. The summed E-state index contributed by atoms with van der Waals surface area (Å²) < 4.78 is 12.0. The Bertz CT molecular complexity index is 645. The van der Waals surface area contributed by atoms with Crippen LogP contribution in [0.5, 0.6) is 11.5 Å². The first kappa shape index (κ1) is 15.3. The molecule has 0 amide bonds. The van der Waals surface area contributed by atoms with Gasteiger partial charge in [-0.2, -0.15) is 0 Å². The summed E-state index contributed by atoms with van der Waals surface area (Å²) in [7, 11) is 3.92. The Labute approximate surface area is 143 Å². The summed E-state index contributed by atoms with van der Waals surface area (Å²) in [5.74, 6) is 1.79. The van der Waals surface area contributed by atoms with Crippen LogP contribution in [0.1, 0.15) is 36.8 Å². The zero-order valence-corrected chi connectivity index (χ0v) is 14.6. The number of rotatable bonds is 1. The zero-order valence-electron chi connectivity index (χ0n) is 13.8. The number of allylic oxidation sites excluding steroid dienone is 1. The topological polar surface area (TPSA) is 21.7 Å². The Morgan fingerprint density at radius 2 is 2.22 bits per heavy atom. The van der Waals surface area contributed by atoms with Crippen molar-refractivity contribution in [2.45, 2.75) is 49.1 Å². The minimum atomic E-state index is -0.0320. The maximum atomic E-state index is 6.43. The first-order valence-electron chi connectivity index (χ1n) is 8.53. The van der Waals surface area contributed by atoms with Crippen LogP contribution in [0, 0.1) is 0 Å². The Morgan fingerprint density at radius 1 is 1.35 bits per heavy atom. The molecular formula is C19H24ClNO2. The van der Waals surface area contributed by atoms with E-state index < -0.39 is 0 Å². The van der Waals surface area contributed by atoms with Gasteiger partial charge < -0.3 is 14.4 Å². The number of halogens is 1. The molecule has 3 nitrogen and oxygen atoms in total. The second-order valence-electron chi connectivity index (χ2n) is 7.08. The van der Waals surface area contributed by atoms with E-state index in [0.29, 0.717) is 0 Å². The molecule has 3 unspecified atom stereocenters. The van der Waals surface area contributed by atoms with E-state index in [2.05, 4.69) is 30.2 Å². The maximum Gasteiger partial charge on any atom is 0.166 e. The van der Waals surface area contributed by atoms with E-state index in [9.17, 15) is 0 Å². The van der Waals surface area contributed by atoms with Gasteiger partial charge in [0.05, 0.1) is 17.9 Å². The fraction of sp³-hybridized carbons (Fsp3) is 0.579. The summed E-state index contributed by atoms with van der Waals surface area (Å²) in [4.78, 5) is 2.41. The second-order valence-corrected chi connectivity index (χ2v) is 7.64. The summed E-state index contributed by atoms with van der Waals surface area (Å²) in [6.07, 6.45) is 9.05. The third-order valence-corrected chi connectivity index (χ3v) is 5.91. The lowest BCUT2D eigenvalue weighted by Crippen LogP contribution is -2.41. The molecule has 0 N–H and O–H groups in total. The Morgan fingerprint density at radius 3 is 3.04 bits per heavy atom. The zero-order chi connectivity index (χ0) is 16.0. The summed E-state index contributed by atoms with van der Waals surface area (Å²) in [5, 5.41) is 0.0599. The van der Waals surface area contributed by atoms with Crippen LogP contribution in [-0.4, -0.2) is 37.1 Å². The molecule has 23 heavy (non-hydrogen) atoms. The normalized spacial score (nSPS) is 33.0. The van der Waals surface area contributed by atoms with Gasteiger partial charge in [0.25, 0.3) is 0 Å². The van der Waals surface area contributed by atoms with E-state index in [0.717, 1.165) is 37.4 Å². The van der Waals surface area contributed by atoms with Crippen molar-refractivity contribution >= 4 is 11.6 Å². The molecule has 0 bridgehead atoms. The van der Waals surface area contributed by atoms with Crippen LogP contribution < -0.4 is 9.47 Å². The molecule has 4 rings (SSSR count). The van der Waals surface area contributed by atoms with Crippen LogP contribution in [0.2, 0.25) is 0 Å². The Kier molecular flexibility index (Phi) is 3.81. The van der Waals surface area contributed by atoms with Gasteiger partial charge in [-0.25, -0.2) is 0 Å². The van der Waals surface area contributed by atoms with Crippen LogP contribution in [0.4, 0.5) is 0 Å². The summed E-state index contributed by atoms with van der Waals surface area (Å²) in [6, 6.07) is 4.26. The number of hydrogen-bond donors (Lipinski definition) is 0. The van der Waals surface area contributed by atoms with Crippen molar-refractivity contribution < 1.29 is 9.47 Å². The van der Waals surface area contributed by atoms with Crippen molar-refractivity contribution in [2.75, 3.05) is 20.7 Å². The summed E-state index contributed by atoms with van der Waals surface area (Å²) >= 11 is 6.40. The summed E-state index contributed by atoms with van der Waals surface area (Å²) in [6.45, 7) is 2.10. The molecule has 0 saturated carbocycles. The quantitative estimate of drug-likeness (QED) is 0.575. The monoisotopic (exact) mass is 333 g/mol. The molecule has 0 saturated heterocycles. The molecule has 2 aliphatic heterocycles. The second kappa shape index (κ2) is 5.71. The van der Waals surface area contributed by atoms with E-state index in [1.54, 1.807) is 7.11 Å². The molecule has 3 aliphatic rings. The molecule has 4 heteroatoms. The number of alkyl halides is 1. The predicted molar refractivity (Wildman–Crippen MR) is 92.7 cm³/mol. The Hall–Kier alpha value is -1.19. The van der Waals surface area contributed by atoms with Gasteiger partial charge in [0.1, 0.15) is 6.10 Å². The van der Waals surface area contributed by atoms with Gasteiger partial charge >= 0.3 is 0 Å². The molecular weight excluding hydrogens is 310 g/mol. The molecule has 124 valence electrons. The van der Waals surface area contributed by atoms with Crippen LogP contribution >= 0.6 is 11.6 Å². The number of methoxy groups -OCH3 is 1. The highest BCUT2D eigenvalue weighted by Gasteiger charge is 2.51. The lowest BCUT2D eigenvalue weighted by Gasteiger charge is -2.36. The predicted octanol–water partition coefficient (Wildman–Crippen LogP) is 3.88. The molecule has 0 radical (unpaired) electrons. The van der Waals surface area contributed by atoms with Crippen LogP contribution in [0.3, 0.4) is 0 Å². The van der Waals surface area contributed by atoms with E-state index in [1.165, 1.54) is 24.0 Å². The van der Waals surface area contributed by atoms with Crippen molar-refractivity contribution in [2.24, 2.45) is 0 Å². The van der Waals surface area contributed by atoms with Gasteiger partial charge in [0.15, 0.2) is 11.5 Å². The maximum absolute atomic E-state index is 6.43. The highest BCUT2D eigenvalue weighted by molar-refractivity contribution is 6.21. The first-order valence-corrected chi connectivity index (χ1v) is 8.96. The molecule has 0 fully saturated rings. The van der Waals surface area contributed by atoms with E-state index in [4.69, 9.17) is 21.1 Å². The third-order valence-electron chi connectivity index (χ3n) is 5.59. The van der Waals surface area contributed by atoms with Crippen molar-refractivity contribution in [1.29, 1.82) is 0 Å². The number of hydrogen-bond acceptors (Lipinski definition) is 3. The average Bonchev–Trinajstić information content (AvgIpc) is 2.89. The molecule has 2 heterocycles. The number of nitrogens with zero attached hydrogens (tertiary/aromatic N) is 1. The largest absolute Gasteiger partial charge is 0.493 e. The van der Waals surface area contributed by atoms with Crippen LogP contribution in [-0.2, 0) is 12.0 Å². The smallest absolute Gasteiger partial charge is 0.166 e. The number of benzene rings is 1. The standard InChI is InChI=1S/C19H24ClNO2/c1-21-10-4-3-8-19-9-7-14(20)11-16(19)23-18-15(22-2)6-5-13(12-21)17(18)19/h5-7,9,14,16H,3-4,8,10-12H2,1-2H3. The third kappa shape index (κ3) is 2.36. The molecule has 0 aromatic heterocycles. The lowest BCUT2D eigenvalue weighted by molar-refractivity contribution is 0.145. The molecule has 1 aromatic carbocycles. The number of ether oxygens (including phenoxy) is 2. The first-order chi connectivity index (χ1) is 11.1. The molecule has 1 aliphatic carbocycles. The fourth-order valence-electron chi connectivity index (χ4n) is 4.48. The average molecular weight is 334 g/mol. The highest BCUT2D eigenvalue weighted by Crippen LogP contribution is 2.55.